The number of nitrogens with one attached hydrogen (secondary N) is 2. The van der Waals surface area contributed by atoms with Crippen molar-refractivity contribution in [2.45, 2.75) is 6.92 Å². The van der Waals surface area contributed by atoms with Crippen molar-refractivity contribution < 1.29 is 19.0 Å². The molecule has 0 unspecified atom stereocenters. The summed E-state index contributed by atoms with van der Waals surface area (Å²) in [5, 5.41) is 14.3. The first-order valence-electron chi connectivity index (χ1n) is 11.5. The van der Waals surface area contributed by atoms with Crippen LogP contribution >= 0.6 is 0 Å². The van der Waals surface area contributed by atoms with E-state index in [1.165, 1.54) is 0 Å². The minimum Gasteiger partial charge on any atom is -0.497 e. The van der Waals surface area contributed by atoms with E-state index in [0.29, 0.717) is 28.8 Å². The van der Waals surface area contributed by atoms with Gasteiger partial charge in [0.05, 0.1) is 27.0 Å². The van der Waals surface area contributed by atoms with Crippen molar-refractivity contribution in [3.63, 3.8) is 0 Å². The van der Waals surface area contributed by atoms with Gasteiger partial charge in [0, 0.05) is 23.9 Å². The van der Waals surface area contributed by atoms with Crippen molar-refractivity contribution in [1.29, 1.82) is 0 Å². The van der Waals surface area contributed by atoms with Crippen LogP contribution in [0.2, 0.25) is 0 Å². The molecule has 0 spiro atoms. The van der Waals surface area contributed by atoms with Gasteiger partial charge in [-0.2, -0.15) is 0 Å². The highest BCUT2D eigenvalue weighted by molar-refractivity contribution is 6.00. The van der Waals surface area contributed by atoms with Crippen molar-refractivity contribution >= 4 is 29.6 Å². The summed E-state index contributed by atoms with van der Waals surface area (Å²) in [6.45, 7) is 1.95. The molecule has 0 fully saturated rings. The van der Waals surface area contributed by atoms with E-state index in [1.54, 1.807) is 21.3 Å². The van der Waals surface area contributed by atoms with E-state index >= 15 is 0 Å². The number of carbonyl (C=O) groups excluding carboxylic acids is 1. The quantitative estimate of drug-likeness (QED) is 0.326. The number of benzene rings is 3. The number of amides is 2. The van der Waals surface area contributed by atoms with Crippen LogP contribution in [0.3, 0.4) is 0 Å². The normalized spacial score (nSPS) is 10.8. The lowest BCUT2D eigenvalue weighted by Crippen LogP contribution is -2.19. The average Bonchev–Trinajstić information content (AvgIpc) is 3.27. The first kappa shape index (κ1) is 25.3. The molecule has 190 valence electrons. The van der Waals surface area contributed by atoms with Crippen LogP contribution in [0, 0.1) is 6.92 Å². The van der Waals surface area contributed by atoms with Crippen molar-refractivity contribution in [3.05, 3.63) is 77.6 Å². The largest absolute Gasteiger partial charge is 0.497 e. The Hall–Kier alpha value is -4.79. The predicted octanol–water partition coefficient (Wildman–Crippen LogP) is 5.63. The van der Waals surface area contributed by atoms with Crippen LogP contribution in [0.4, 0.5) is 16.2 Å². The number of anilines is 2. The van der Waals surface area contributed by atoms with Crippen LogP contribution in [0.25, 0.3) is 23.5 Å². The van der Waals surface area contributed by atoms with E-state index in [-0.39, 0.29) is 6.03 Å². The Kier molecular flexibility index (Phi) is 7.73. The smallest absolute Gasteiger partial charge is 0.323 e. The Morgan fingerprint density at radius 1 is 0.838 bits per heavy atom. The number of ether oxygens (including phenoxy) is 3. The molecule has 3 aromatic carbocycles. The highest BCUT2D eigenvalue weighted by Crippen LogP contribution is 2.27. The Morgan fingerprint density at radius 3 is 2.27 bits per heavy atom. The number of rotatable bonds is 8. The molecule has 9 heteroatoms. The van der Waals surface area contributed by atoms with Crippen LogP contribution in [0.15, 0.2) is 60.7 Å². The van der Waals surface area contributed by atoms with Crippen LogP contribution in [-0.4, -0.2) is 42.1 Å². The van der Waals surface area contributed by atoms with E-state index in [9.17, 15) is 4.79 Å². The minimum atomic E-state index is -0.365. The van der Waals surface area contributed by atoms with Gasteiger partial charge < -0.3 is 29.4 Å². The summed E-state index contributed by atoms with van der Waals surface area (Å²) in [6.07, 6.45) is 3.78. The Bertz CT molecular complexity index is 1430. The SMILES string of the molecule is COc1ccc(OC)c(/C=C/c2nnc(-c3ccc(NC(=O)Nc4cc(C)ccc4OC)cc3)n2C)c1. The van der Waals surface area contributed by atoms with Crippen LogP contribution < -0.4 is 24.8 Å². The Labute approximate surface area is 215 Å². The summed E-state index contributed by atoms with van der Waals surface area (Å²) in [7, 11) is 6.71. The molecule has 1 heterocycles. The summed E-state index contributed by atoms with van der Waals surface area (Å²) in [4.78, 5) is 12.5. The molecule has 2 amide bonds. The zero-order valence-corrected chi connectivity index (χ0v) is 21.4. The summed E-state index contributed by atoms with van der Waals surface area (Å²) in [5.41, 5.74) is 3.98. The fourth-order valence-electron chi connectivity index (χ4n) is 3.78. The van der Waals surface area contributed by atoms with Crippen molar-refractivity contribution in [3.8, 4) is 28.6 Å². The molecule has 0 saturated carbocycles. The second kappa shape index (κ2) is 11.3. The number of aromatic nitrogens is 3. The average molecular weight is 500 g/mol. The number of nitrogens with zero attached hydrogens (tertiary/aromatic N) is 3. The first-order chi connectivity index (χ1) is 17.9. The number of aryl methyl sites for hydroxylation is 1. The third-order valence-electron chi connectivity index (χ3n) is 5.76. The van der Waals surface area contributed by atoms with Gasteiger partial charge in [0.2, 0.25) is 0 Å². The second-order valence-electron chi connectivity index (χ2n) is 8.24. The highest BCUT2D eigenvalue weighted by atomic mass is 16.5. The molecule has 37 heavy (non-hydrogen) atoms. The van der Waals surface area contributed by atoms with Gasteiger partial charge in [0.15, 0.2) is 11.6 Å². The molecule has 0 aliphatic carbocycles. The predicted molar refractivity (Wildman–Crippen MR) is 145 cm³/mol. The molecule has 0 saturated heterocycles. The molecule has 0 radical (unpaired) electrons. The van der Waals surface area contributed by atoms with Crippen molar-refractivity contribution in [2.24, 2.45) is 7.05 Å². The van der Waals surface area contributed by atoms with Gasteiger partial charge in [0.25, 0.3) is 0 Å². The molecule has 1 aromatic heterocycles. The van der Waals surface area contributed by atoms with Gasteiger partial charge in [-0.15, -0.1) is 10.2 Å². The van der Waals surface area contributed by atoms with Gasteiger partial charge in [0.1, 0.15) is 17.2 Å². The molecule has 4 aromatic rings. The van der Waals surface area contributed by atoms with Gasteiger partial charge in [-0.3, -0.25) is 0 Å². The maximum atomic E-state index is 12.5. The zero-order valence-electron chi connectivity index (χ0n) is 21.4. The second-order valence-corrected chi connectivity index (χ2v) is 8.24. The van der Waals surface area contributed by atoms with Gasteiger partial charge >= 0.3 is 6.03 Å². The lowest BCUT2D eigenvalue weighted by molar-refractivity contribution is 0.262. The number of hydrogen-bond donors (Lipinski definition) is 2. The van der Waals surface area contributed by atoms with Gasteiger partial charge in [-0.25, -0.2) is 4.79 Å². The van der Waals surface area contributed by atoms with E-state index in [2.05, 4.69) is 20.8 Å². The van der Waals surface area contributed by atoms with E-state index in [0.717, 1.165) is 28.2 Å². The molecule has 9 nitrogen and oxygen atoms in total. The molecular formula is C28H29N5O4. The fourth-order valence-corrected chi connectivity index (χ4v) is 3.78. The number of hydrogen-bond acceptors (Lipinski definition) is 6. The Balaban J connectivity index is 1.46. The molecule has 2 N–H and O–H groups in total. The summed E-state index contributed by atoms with van der Waals surface area (Å²) in [5.74, 6) is 3.42. The number of methoxy groups -OCH3 is 3. The maximum Gasteiger partial charge on any atom is 0.323 e. The molecular weight excluding hydrogens is 470 g/mol. The lowest BCUT2D eigenvalue weighted by Gasteiger charge is -2.12. The first-order valence-corrected chi connectivity index (χ1v) is 11.5. The molecule has 0 bridgehead atoms. The van der Waals surface area contributed by atoms with Gasteiger partial charge in [-0.1, -0.05) is 6.07 Å². The minimum absolute atomic E-state index is 0.365. The van der Waals surface area contributed by atoms with Crippen molar-refractivity contribution in [1.82, 2.24) is 14.8 Å². The van der Waals surface area contributed by atoms with Crippen LogP contribution in [0.1, 0.15) is 17.0 Å². The van der Waals surface area contributed by atoms with E-state index in [1.807, 2.05) is 91.4 Å². The lowest BCUT2D eigenvalue weighted by atomic mass is 10.1. The zero-order chi connectivity index (χ0) is 26.4. The topological polar surface area (TPSA) is 99.5 Å². The number of carbonyl (C=O) groups is 1. The Morgan fingerprint density at radius 2 is 1.57 bits per heavy atom. The fraction of sp³-hybridized carbons (Fsp3) is 0.179. The molecule has 0 aliphatic rings. The van der Waals surface area contributed by atoms with Gasteiger partial charge in [-0.05, 0) is 79.2 Å². The molecule has 0 atom stereocenters. The molecule has 0 aliphatic heterocycles. The van der Waals surface area contributed by atoms with Crippen molar-refractivity contribution in [2.75, 3.05) is 32.0 Å². The summed E-state index contributed by atoms with van der Waals surface area (Å²) >= 11 is 0. The maximum absolute atomic E-state index is 12.5. The molecule has 4 rings (SSSR count). The third-order valence-corrected chi connectivity index (χ3v) is 5.76. The van der Waals surface area contributed by atoms with Crippen LogP contribution in [0.5, 0.6) is 17.2 Å². The third kappa shape index (κ3) is 5.90. The summed E-state index contributed by atoms with van der Waals surface area (Å²) in [6, 6.07) is 18.2. The number of urea groups is 1. The standard InChI is InChI=1S/C28H29N5O4/c1-18-6-13-25(37-5)23(16-18)30-28(34)29-21-10-7-19(8-11-21)27-32-31-26(33(27)2)15-9-20-17-22(35-3)12-14-24(20)36-4/h6-17H,1-5H3,(H2,29,30,34)/b15-9+. The monoisotopic (exact) mass is 499 g/mol. The van der Waals surface area contributed by atoms with E-state index in [4.69, 9.17) is 14.2 Å². The van der Waals surface area contributed by atoms with E-state index < -0.39 is 0 Å². The van der Waals surface area contributed by atoms with Crippen LogP contribution in [-0.2, 0) is 7.05 Å². The highest BCUT2D eigenvalue weighted by Gasteiger charge is 2.11. The summed E-state index contributed by atoms with van der Waals surface area (Å²) < 4.78 is 18.0.